The first-order valence-electron chi connectivity index (χ1n) is 8.44. The van der Waals surface area contributed by atoms with Crippen molar-refractivity contribution in [1.29, 1.82) is 0 Å². The van der Waals surface area contributed by atoms with Gasteiger partial charge in [-0.1, -0.05) is 6.07 Å². The van der Waals surface area contributed by atoms with Crippen molar-refractivity contribution in [1.82, 2.24) is 9.29 Å². The minimum atomic E-state index is -4.44. The molecule has 0 unspecified atom stereocenters. The van der Waals surface area contributed by atoms with Gasteiger partial charge in [-0.3, -0.25) is 0 Å². The molecule has 0 saturated carbocycles. The van der Waals surface area contributed by atoms with Crippen LogP contribution in [0, 0.1) is 13.8 Å². The highest BCUT2D eigenvalue weighted by molar-refractivity contribution is 7.89. The molecule has 9 heteroatoms. The molecule has 0 radical (unpaired) electrons. The van der Waals surface area contributed by atoms with Crippen molar-refractivity contribution < 1.29 is 21.6 Å². The minimum absolute atomic E-state index is 0.188. The van der Waals surface area contributed by atoms with Gasteiger partial charge in [-0.25, -0.2) is 13.4 Å². The molecule has 27 heavy (non-hydrogen) atoms. The van der Waals surface area contributed by atoms with Gasteiger partial charge in [0.2, 0.25) is 10.0 Å². The molecule has 1 saturated heterocycles. The average Bonchev–Trinajstić information content (AvgIpc) is 2.63. The van der Waals surface area contributed by atoms with Crippen LogP contribution in [-0.2, 0) is 16.2 Å². The van der Waals surface area contributed by atoms with Gasteiger partial charge in [0, 0.05) is 32.4 Å². The van der Waals surface area contributed by atoms with Crippen LogP contribution >= 0.6 is 0 Å². The van der Waals surface area contributed by atoms with Crippen molar-refractivity contribution in [3.05, 3.63) is 53.2 Å². The van der Waals surface area contributed by atoms with Gasteiger partial charge < -0.3 is 4.90 Å². The fourth-order valence-corrected chi connectivity index (χ4v) is 4.46. The average molecular weight is 399 g/mol. The van der Waals surface area contributed by atoms with E-state index in [1.807, 2.05) is 13.8 Å². The fourth-order valence-electron chi connectivity index (χ4n) is 2.95. The van der Waals surface area contributed by atoms with Gasteiger partial charge in [-0.15, -0.1) is 0 Å². The van der Waals surface area contributed by atoms with Crippen LogP contribution in [0.25, 0.3) is 0 Å². The number of alkyl halides is 3. The number of nitrogens with zero attached hydrogens (tertiary/aromatic N) is 3. The summed E-state index contributed by atoms with van der Waals surface area (Å²) in [7, 11) is -3.63. The molecule has 0 bridgehead atoms. The SMILES string of the molecule is Cc1ccc(S(=O)(=O)N2CCN(c3cc(C(F)(F)F)ccn3)CC2)cc1C. The smallest absolute Gasteiger partial charge is 0.354 e. The first kappa shape index (κ1) is 19.6. The second-order valence-corrected chi connectivity index (χ2v) is 8.48. The summed E-state index contributed by atoms with van der Waals surface area (Å²) >= 11 is 0. The largest absolute Gasteiger partial charge is 0.416 e. The Bertz CT molecular complexity index is 937. The summed E-state index contributed by atoms with van der Waals surface area (Å²) in [6, 6.07) is 6.91. The number of halogens is 3. The summed E-state index contributed by atoms with van der Waals surface area (Å²) in [6.45, 7) is 4.69. The van der Waals surface area contributed by atoms with Crippen molar-refractivity contribution in [2.24, 2.45) is 0 Å². The Morgan fingerprint density at radius 3 is 2.22 bits per heavy atom. The number of hydrogen-bond donors (Lipinski definition) is 0. The Balaban J connectivity index is 1.74. The lowest BCUT2D eigenvalue weighted by Gasteiger charge is -2.34. The first-order valence-corrected chi connectivity index (χ1v) is 9.88. The Kier molecular flexibility index (Phi) is 5.18. The van der Waals surface area contributed by atoms with Gasteiger partial charge in [0.25, 0.3) is 0 Å². The summed E-state index contributed by atoms with van der Waals surface area (Å²) in [6.07, 6.45) is -3.32. The van der Waals surface area contributed by atoms with Crippen LogP contribution in [0.2, 0.25) is 0 Å². The van der Waals surface area contributed by atoms with E-state index in [2.05, 4.69) is 4.98 Å². The zero-order chi connectivity index (χ0) is 19.8. The molecule has 0 atom stereocenters. The number of aryl methyl sites for hydroxylation is 2. The molecule has 2 heterocycles. The molecule has 1 fully saturated rings. The van der Waals surface area contributed by atoms with Crippen LogP contribution < -0.4 is 4.90 Å². The van der Waals surface area contributed by atoms with Crippen molar-refractivity contribution >= 4 is 15.8 Å². The maximum absolute atomic E-state index is 12.9. The molecule has 0 N–H and O–H groups in total. The zero-order valence-electron chi connectivity index (χ0n) is 15.0. The van der Waals surface area contributed by atoms with E-state index >= 15 is 0 Å². The highest BCUT2D eigenvalue weighted by Gasteiger charge is 2.33. The highest BCUT2D eigenvalue weighted by Crippen LogP contribution is 2.31. The van der Waals surface area contributed by atoms with Crippen molar-refractivity contribution in [2.45, 2.75) is 24.9 Å². The Morgan fingerprint density at radius 2 is 1.63 bits per heavy atom. The van der Waals surface area contributed by atoms with Crippen molar-refractivity contribution in [3.63, 3.8) is 0 Å². The maximum atomic E-state index is 12.9. The molecule has 1 aromatic heterocycles. The molecule has 5 nitrogen and oxygen atoms in total. The number of piperazine rings is 1. The van der Waals surface area contributed by atoms with Crippen LogP contribution in [-0.4, -0.2) is 43.9 Å². The minimum Gasteiger partial charge on any atom is -0.354 e. The molecular formula is C18H20F3N3O2S. The molecule has 3 rings (SSSR count). The van der Waals surface area contributed by atoms with E-state index < -0.39 is 21.8 Å². The summed E-state index contributed by atoms with van der Waals surface area (Å²) < 4.78 is 65.6. The number of benzene rings is 1. The molecule has 1 aromatic carbocycles. The highest BCUT2D eigenvalue weighted by atomic mass is 32.2. The third-order valence-electron chi connectivity index (χ3n) is 4.75. The third kappa shape index (κ3) is 4.08. The van der Waals surface area contributed by atoms with Gasteiger partial charge >= 0.3 is 6.18 Å². The van der Waals surface area contributed by atoms with Crippen LogP contribution in [0.4, 0.5) is 19.0 Å². The van der Waals surface area contributed by atoms with E-state index in [9.17, 15) is 21.6 Å². The molecule has 1 aliphatic heterocycles. The number of aromatic nitrogens is 1. The number of pyridine rings is 1. The van der Waals surface area contributed by atoms with E-state index in [-0.39, 0.29) is 36.9 Å². The first-order chi connectivity index (χ1) is 12.6. The van der Waals surface area contributed by atoms with Gasteiger partial charge in [-0.2, -0.15) is 17.5 Å². The Hall–Kier alpha value is -2.13. The van der Waals surface area contributed by atoms with Crippen LogP contribution in [0.5, 0.6) is 0 Å². The van der Waals surface area contributed by atoms with E-state index in [4.69, 9.17) is 0 Å². The fraction of sp³-hybridized carbons (Fsp3) is 0.389. The lowest BCUT2D eigenvalue weighted by Crippen LogP contribution is -2.49. The predicted molar refractivity (Wildman–Crippen MR) is 96.1 cm³/mol. The molecular weight excluding hydrogens is 379 g/mol. The lowest BCUT2D eigenvalue weighted by molar-refractivity contribution is -0.137. The quantitative estimate of drug-likeness (QED) is 0.795. The Morgan fingerprint density at radius 1 is 0.963 bits per heavy atom. The van der Waals surface area contributed by atoms with Gasteiger partial charge in [0.15, 0.2) is 0 Å². The lowest BCUT2D eigenvalue weighted by atomic mass is 10.1. The van der Waals surface area contributed by atoms with Crippen LogP contribution in [0.1, 0.15) is 16.7 Å². The third-order valence-corrected chi connectivity index (χ3v) is 6.65. The Labute approximate surface area is 156 Å². The number of anilines is 1. The van der Waals surface area contributed by atoms with E-state index in [1.54, 1.807) is 23.1 Å². The monoisotopic (exact) mass is 399 g/mol. The van der Waals surface area contributed by atoms with Crippen LogP contribution in [0.15, 0.2) is 41.4 Å². The predicted octanol–water partition coefficient (Wildman–Crippen LogP) is 3.23. The van der Waals surface area contributed by atoms with Crippen molar-refractivity contribution in [2.75, 3.05) is 31.1 Å². The zero-order valence-corrected chi connectivity index (χ0v) is 15.8. The van der Waals surface area contributed by atoms with E-state index in [0.29, 0.717) is 0 Å². The molecule has 1 aliphatic rings. The molecule has 2 aromatic rings. The summed E-state index contributed by atoms with van der Waals surface area (Å²) in [5.41, 5.74) is 1.13. The molecule has 0 spiro atoms. The summed E-state index contributed by atoms with van der Waals surface area (Å²) in [5.74, 6) is 0.202. The maximum Gasteiger partial charge on any atom is 0.416 e. The molecule has 0 aliphatic carbocycles. The van der Waals surface area contributed by atoms with E-state index in [1.165, 1.54) is 4.31 Å². The number of rotatable bonds is 3. The van der Waals surface area contributed by atoms with Gasteiger partial charge in [0.05, 0.1) is 10.5 Å². The van der Waals surface area contributed by atoms with Crippen molar-refractivity contribution in [3.8, 4) is 0 Å². The van der Waals surface area contributed by atoms with Gasteiger partial charge in [0.1, 0.15) is 5.82 Å². The summed E-state index contributed by atoms with van der Waals surface area (Å²) in [4.78, 5) is 5.90. The van der Waals surface area contributed by atoms with E-state index in [0.717, 1.165) is 29.5 Å². The number of hydrogen-bond acceptors (Lipinski definition) is 4. The topological polar surface area (TPSA) is 53.5 Å². The standard InChI is InChI=1S/C18H20F3N3O2S/c1-13-3-4-16(11-14(13)2)27(25,26)24-9-7-23(8-10-24)17-12-15(5-6-22-17)18(19,20)21/h3-6,11-12H,7-10H2,1-2H3. The second kappa shape index (κ2) is 7.12. The normalized spacial score (nSPS) is 16.6. The summed E-state index contributed by atoms with van der Waals surface area (Å²) in [5, 5.41) is 0. The van der Waals surface area contributed by atoms with Crippen LogP contribution in [0.3, 0.4) is 0 Å². The second-order valence-electron chi connectivity index (χ2n) is 6.54. The molecule has 0 amide bonds. The number of sulfonamides is 1. The van der Waals surface area contributed by atoms with Gasteiger partial charge in [-0.05, 0) is 49.2 Å². The molecule has 146 valence electrons.